The van der Waals surface area contributed by atoms with E-state index in [2.05, 4.69) is 77.6 Å². The average Bonchev–Trinajstić information content (AvgIpc) is 3.43. The predicted molar refractivity (Wildman–Crippen MR) is 139 cm³/mol. The zero-order chi connectivity index (χ0) is 22.4. The Bertz CT molecular complexity index is 1630. The number of aldehydes is 1. The molecule has 3 heteroatoms. The van der Waals surface area contributed by atoms with Crippen molar-refractivity contribution in [3.63, 3.8) is 0 Å². The van der Waals surface area contributed by atoms with Gasteiger partial charge in [0.2, 0.25) is 0 Å². The highest BCUT2D eigenvalue weighted by molar-refractivity contribution is 6.27. The first-order chi connectivity index (χ1) is 16.3. The van der Waals surface area contributed by atoms with Crippen molar-refractivity contribution in [2.24, 2.45) is 0 Å². The Balaban J connectivity index is 1.81. The Morgan fingerprint density at radius 2 is 1.36 bits per heavy atom. The number of carbonyl (C=O) groups is 1. The minimum absolute atomic E-state index is 0.693. The molecule has 0 unspecified atom stereocenters. The summed E-state index contributed by atoms with van der Waals surface area (Å²) in [5, 5.41) is 5.08. The largest absolute Gasteiger partial charge is 0.354 e. The molecule has 0 atom stereocenters. The second-order valence-corrected chi connectivity index (χ2v) is 8.89. The van der Waals surface area contributed by atoms with Crippen LogP contribution in [0.5, 0.6) is 0 Å². The molecule has 0 aliphatic carbocycles. The van der Waals surface area contributed by atoms with Crippen LogP contribution in [-0.2, 0) is 6.42 Å². The van der Waals surface area contributed by atoms with Crippen LogP contribution in [0.25, 0.3) is 54.7 Å². The van der Waals surface area contributed by atoms with Crippen LogP contribution in [0.4, 0.5) is 0 Å². The monoisotopic (exact) mass is 430 g/mol. The van der Waals surface area contributed by atoms with Gasteiger partial charge in [-0.2, -0.15) is 0 Å². The van der Waals surface area contributed by atoms with Crippen molar-refractivity contribution in [3.8, 4) is 11.1 Å². The van der Waals surface area contributed by atoms with Crippen LogP contribution in [0.15, 0.2) is 72.8 Å². The molecule has 3 nitrogen and oxygen atoms in total. The normalized spacial score (nSPS) is 11.8. The maximum absolute atomic E-state index is 11.3. The molecule has 0 radical (unpaired) electrons. The molecule has 162 valence electrons. The highest BCUT2D eigenvalue weighted by atomic mass is 16.1. The van der Waals surface area contributed by atoms with E-state index in [0.29, 0.717) is 5.56 Å². The van der Waals surface area contributed by atoms with Crippen molar-refractivity contribution in [1.82, 2.24) is 9.97 Å². The maximum Gasteiger partial charge on any atom is 0.150 e. The van der Waals surface area contributed by atoms with Crippen LogP contribution in [0.1, 0.15) is 42.1 Å². The van der Waals surface area contributed by atoms with Crippen LogP contribution >= 0.6 is 0 Å². The lowest BCUT2D eigenvalue weighted by molar-refractivity contribution is 0.112. The Labute approximate surface area is 192 Å². The van der Waals surface area contributed by atoms with Crippen LogP contribution in [0, 0.1) is 0 Å². The van der Waals surface area contributed by atoms with Gasteiger partial charge in [0.15, 0.2) is 0 Å². The van der Waals surface area contributed by atoms with Gasteiger partial charge in [-0.25, -0.2) is 0 Å². The molecule has 0 amide bonds. The first kappa shape index (κ1) is 19.8. The third kappa shape index (κ3) is 3.07. The summed E-state index contributed by atoms with van der Waals surface area (Å²) >= 11 is 0. The molecule has 33 heavy (non-hydrogen) atoms. The van der Waals surface area contributed by atoms with E-state index < -0.39 is 0 Å². The van der Waals surface area contributed by atoms with E-state index in [1.54, 1.807) is 0 Å². The second-order valence-electron chi connectivity index (χ2n) is 8.89. The van der Waals surface area contributed by atoms with Gasteiger partial charge in [0, 0.05) is 43.7 Å². The molecule has 0 aliphatic heterocycles. The number of para-hydroxylation sites is 2. The summed E-state index contributed by atoms with van der Waals surface area (Å²) in [5.74, 6) is 0. The fourth-order valence-corrected chi connectivity index (χ4v) is 5.34. The number of aromatic amines is 2. The number of nitrogens with one attached hydrogen (secondary N) is 2. The Morgan fingerprint density at radius 1 is 0.727 bits per heavy atom. The van der Waals surface area contributed by atoms with Gasteiger partial charge in [0.1, 0.15) is 6.29 Å². The number of carbonyl (C=O) groups excluding carboxylic acids is 1. The first-order valence-electron chi connectivity index (χ1n) is 11.8. The predicted octanol–water partition coefficient (Wildman–Crippen LogP) is 8.17. The lowest BCUT2D eigenvalue weighted by atomic mass is 9.90. The Morgan fingerprint density at radius 3 is 2.03 bits per heavy atom. The number of hydrogen-bond donors (Lipinski definition) is 2. The highest BCUT2D eigenvalue weighted by Crippen LogP contribution is 2.45. The molecular weight excluding hydrogens is 404 g/mol. The summed E-state index contributed by atoms with van der Waals surface area (Å²) in [7, 11) is 0. The van der Waals surface area contributed by atoms with E-state index in [-0.39, 0.29) is 0 Å². The van der Waals surface area contributed by atoms with Crippen LogP contribution in [-0.4, -0.2) is 16.3 Å². The summed E-state index contributed by atoms with van der Waals surface area (Å²) in [6, 6.07) is 25.1. The van der Waals surface area contributed by atoms with E-state index in [4.69, 9.17) is 0 Å². The third-order valence-corrected chi connectivity index (χ3v) is 6.88. The highest BCUT2D eigenvalue weighted by Gasteiger charge is 2.22. The van der Waals surface area contributed by atoms with Crippen LogP contribution in [0.2, 0.25) is 0 Å². The minimum atomic E-state index is 0.693. The third-order valence-electron chi connectivity index (χ3n) is 6.88. The summed E-state index contributed by atoms with van der Waals surface area (Å²) in [5.41, 5.74) is 9.14. The van der Waals surface area contributed by atoms with E-state index >= 15 is 0 Å². The molecule has 0 saturated heterocycles. The number of aromatic nitrogens is 2. The van der Waals surface area contributed by atoms with Gasteiger partial charge in [-0.05, 0) is 36.1 Å². The molecule has 0 bridgehead atoms. The van der Waals surface area contributed by atoms with Gasteiger partial charge >= 0.3 is 0 Å². The number of aryl methyl sites for hydroxylation is 1. The van der Waals surface area contributed by atoms with Gasteiger partial charge in [-0.15, -0.1) is 0 Å². The van der Waals surface area contributed by atoms with Crippen molar-refractivity contribution >= 4 is 49.9 Å². The van der Waals surface area contributed by atoms with Gasteiger partial charge in [-0.3, -0.25) is 4.79 Å². The zero-order valence-corrected chi connectivity index (χ0v) is 18.7. The molecule has 6 rings (SSSR count). The average molecular weight is 431 g/mol. The molecular formula is C30H26N2O. The van der Waals surface area contributed by atoms with E-state index in [1.165, 1.54) is 63.0 Å². The molecule has 0 aliphatic rings. The summed E-state index contributed by atoms with van der Waals surface area (Å²) < 4.78 is 0. The molecule has 0 fully saturated rings. The number of rotatable bonds is 6. The topological polar surface area (TPSA) is 48.6 Å². The quantitative estimate of drug-likeness (QED) is 0.203. The molecule has 2 aromatic heterocycles. The van der Waals surface area contributed by atoms with E-state index in [9.17, 15) is 4.79 Å². The molecule has 2 heterocycles. The molecule has 4 aromatic carbocycles. The number of unbranched alkanes of at least 4 members (excludes halogenated alkanes) is 2. The second kappa shape index (κ2) is 7.93. The summed E-state index contributed by atoms with van der Waals surface area (Å²) in [6.45, 7) is 2.26. The standard InChI is InChI=1S/C30H26N2O/c1-2-3-4-11-23-27-21-9-5-7-12-24(21)32-30(27)26(20-16-14-19(18-33)15-17-20)28-22-10-6-8-13-25(22)31-29(23)28/h5-10,12-18,31-32H,2-4,11H2,1H3. The van der Waals surface area contributed by atoms with Crippen LogP contribution < -0.4 is 0 Å². The van der Waals surface area contributed by atoms with Crippen molar-refractivity contribution in [2.45, 2.75) is 32.6 Å². The smallest absolute Gasteiger partial charge is 0.150 e. The fourth-order valence-electron chi connectivity index (χ4n) is 5.34. The lowest BCUT2D eigenvalue weighted by Gasteiger charge is -2.13. The Hall–Kier alpha value is -3.85. The van der Waals surface area contributed by atoms with Gasteiger partial charge in [0.25, 0.3) is 0 Å². The zero-order valence-electron chi connectivity index (χ0n) is 18.7. The SMILES string of the molecule is CCCCCc1c2[nH]c3ccccc3c2c(-c2ccc(C=O)cc2)c2[nH]c3ccccc3c12. The van der Waals surface area contributed by atoms with Crippen LogP contribution in [0.3, 0.4) is 0 Å². The molecule has 6 aromatic rings. The molecule has 2 N–H and O–H groups in total. The number of H-pyrrole nitrogens is 2. The van der Waals surface area contributed by atoms with E-state index in [0.717, 1.165) is 29.3 Å². The van der Waals surface area contributed by atoms with Crippen molar-refractivity contribution in [3.05, 3.63) is 83.9 Å². The molecule has 0 spiro atoms. The van der Waals surface area contributed by atoms with Gasteiger partial charge in [0.05, 0.1) is 11.0 Å². The van der Waals surface area contributed by atoms with E-state index in [1.807, 2.05) is 12.1 Å². The minimum Gasteiger partial charge on any atom is -0.354 e. The van der Waals surface area contributed by atoms with Gasteiger partial charge in [-0.1, -0.05) is 80.4 Å². The van der Waals surface area contributed by atoms with Crippen molar-refractivity contribution in [2.75, 3.05) is 0 Å². The first-order valence-corrected chi connectivity index (χ1v) is 11.8. The number of benzene rings is 4. The van der Waals surface area contributed by atoms with Crippen molar-refractivity contribution < 1.29 is 4.79 Å². The lowest BCUT2D eigenvalue weighted by Crippen LogP contribution is -1.93. The van der Waals surface area contributed by atoms with Crippen molar-refractivity contribution in [1.29, 1.82) is 0 Å². The fraction of sp³-hybridized carbons (Fsp3) is 0.167. The maximum atomic E-state index is 11.3. The number of hydrogen-bond acceptors (Lipinski definition) is 1. The molecule has 0 saturated carbocycles. The summed E-state index contributed by atoms with van der Waals surface area (Å²) in [4.78, 5) is 18.8. The Kier molecular flexibility index (Phi) is 4.76. The summed E-state index contributed by atoms with van der Waals surface area (Å²) in [6.07, 6.45) is 5.54. The van der Waals surface area contributed by atoms with Gasteiger partial charge < -0.3 is 9.97 Å². The number of fused-ring (bicyclic) bond motifs is 6.